The molecule has 0 aliphatic heterocycles. The summed E-state index contributed by atoms with van der Waals surface area (Å²) in [4.78, 5) is 4.73. The molecule has 0 bridgehead atoms. The Hall–Kier alpha value is -2.29. The molecule has 0 amide bonds. The summed E-state index contributed by atoms with van der Waals surface area (Å²) in [5, 5.41) is 0. The summed E-state index contributed by atoms with van der Waals surface area (Å²) >= 11 is 0. The number of benzene rings is 1. The van der Waals surface area contributed by atoms with Crippen LogP contribution in [-0.4, -0.2) is 16.5 Å². The van der Waals surface area contributed by atoms with E-state index >= 15 is 0 Å². The maximum Gasteiger partial charge on any atom is 0.180 e. The first kappa shape index (κ1) is 14.3. The Labute approximate surface area is 136 Å². The number of fused-ring (bicyclic) bond motifs is 1. The average molecular weight is 306 g/mol. The fourth-order valence-electron chi connectivity index (χ4n) is 3.65. The van der Waals surface area contributed by atoms with Crippen LogP contribution >= 0.6 is 0 Å². The van der Waals surface area contributed by atoms with Crippen molar-refractivity contribution in [1.82, 2.24) is 9.38 Å². The zero-order valence-corrected chi connectivity index (χ0v) is 13.5. The Bertz CT molecular complexity index is 798. The molecule has 0 atom stereocenters. The van der Waals surface area contributed by atoms with E-state index in [2.05, 4.69) is 30.5 Å². The highest BCUT2D eigenvalue weighted by Crippen LogP contribution is 2.33. The molecular formula is C20H22N2O. The summed E-state index contributed by atoms with van der Waals surface area (Å²) in [6.07, 6.45) is 10.9. The first-order valence-corrected chi connectivity index (χ1v) is 8.47. The van der Waals surface area contributed by atoms with Gasteiger partial charge in [0.15, 0.2) is 11.4 Å². The molecule has 0 radical (unpaired) electrons. The molecule has 118 valence electrons. The van der Waals surface area contributed by atoms with Crippen molar-refractivity contribution >= 4 is 5.65 Å². The van der Waals surface area contributed by atoms with E-state index in [0.29, 0.717) is 0 Å². The van der Waals surface area contributed by atoms with Crippen molar-refractivity contribution in [2.75, 3.05) is 7.11 Å². The SMILES string of the molecule is COc1cccn2cc(-c3ccc(C4CCCCC4)cc3)nc12. The Morgan fingerprint density at radius 3 is 2.57 bits per heavy atom. The van der Waals surface area contributed by atoms with Gasteiger partial charge in [-0.15, -0.1) is 0 Å². The summed E-state index contributed by atoms with van der Waals surface area (Å²) < 4.78 is 7.41. The van der Waals surface area contributed by atoms with Crippen LogP contribution in [0.3, 0.4) is 0 Å². The van der Waals surface area contributed by atoms with Crippen molar-refractivity contribution in [3.8, 4) is 17.0 Å². The minimum atomic E-state index is 0.749. The third-order valence-corrected chi connectivity index (χ3v) is 4.95. The molecule has 3 heteroatoms. The lowest BCUT2D eigenvalue weighted by Crippen LogP contribution is -2.04. The molecule has 1 aliphatic rings. The topological polar surface area (TPSA) is 26.5 Å². The second-order valence-electron chi connectivity index (χ2n) is 6.39. The van der Waals surface area contributed by atoms with E-state index in [1.54, 1.807) is 7.11 Å². The maximum absolute atomic E-state index is 5.39. The maximum atomic E-state index is 5.39. The number of imidazole rings is 1. The minimum absolute atomic E-state index is 0.749. The van der Waals surface area contributed by atoms with Crippen LogP contribution in [0.2, 0.25) is 0 Å². The summed E-state index contributed by atoms with van der Waals surface area (Å²) in [6, 6.07) is 12.9. The minimum Gasteiger partial charge on any atom is -0.493 e. The Morgan fingerprint density at radius 1 is 1.04 bits per heavy atom. The largest absolute Gasteiger partial charge is 0.493 e. The van der Waals surface area contributed by atoms with Gasteiger partial charge in [0.1, 0.15) is 0 Å². The highest BCUT2D eigenvalue weighted by atomic mass is 16.5. The lowest BCUT2D eigenvalue weighted by Gasteiger charge is -2.21. The van der Waals surface area contributed by atoms with E-state index in [9.17, 15) is 0 Å². The molecule has 1 fully saturated rings. The molecule has 0 spiro atoms. The van der Waals surface area contributed by atoms with E-state index in [1.165, 1.54) is 37.7 Å². The Kier molecular flexibility index (Phi) is 3.78. The van der Waals surface area contributed by atoms with Gasteiger partial charge >= 0.3 is 0 Å². The van der Waals surface area contributed by atoms with Gasteiger partial charge in [-0.05, 0) is 36.5 Å². The molecule has 3 nitrogen and oxygen atoms in total. The standard InChI is InChI=1S/C20H22N2O/c1-23-19-8-5-13-22-14-18(21-20(19)22)17-11-9-16(10-12-17)15-6-3-2-4-7-15/h5,8-15H,2-4,6-7H2,1H3. The number of methoxy groups -OCH3 is 1. The highest BCUT2D eigenvalue weighted by Gasteiger charge is 2.15. The van der Waals surface area contributed by atoms with Gasteiger partial charge in [0, 0.05) is 18.0 Å². The third kappa shape index (κ3) is 2.72. The number of ether oxygens (including phenoxy) is 1. The molecule has 3 aromatic rings. The molecule has 0 N–H and O–H groups in total. The summed E-state index contributed by atoms with van der Waals surface area (Å²) in [6.45, 7) is 0. The van der Waals surface area contributed by atoms with Crippen LogP contribution < -0.4 is 4.74 Å². The number of nitrogens with zero attached hydrogens (tertiary/aromatic N) is 2. The van der Waals surface area contributed by atoms with Crippen molar-refractivity contribution in [3.63, 3.8) is 0 Å². The summed E-state index contributed by atoms with van der Waals surface area (Å²) in [5.41, 5.74) is 4.50. The number of rotatable bonds is 3. The molecule has 0 unspecified atom stereocenters. The van der Waals surface area contributed by atoms with Gasteiger partial charge in [-0.25, -0.2) is 4.98 Å². The quantitative estimate of drug-likeness (QED) is 0.676. The van der Waals surface area contributed by atoms with Gasteiger partial charge in [0.25, 0.3) is 0 Å². The van der Waals surface area contributed by atoms with E-state index in [-0.39, 0.29) is 0 Å². The van der Waals surface area contributed by atoms with Crippen LogP contribution in [0.1, 0.15) is 43.6 Å². The first-order chi connectivity index (χ1) is 11.3. The molecule has 4 rings (SSSR count). The van der Waals surface area contributed by atoms with Crippen LogP contribution in [0.15, 0.2) is 48.8 Å². The first-order valence-electron chi connectivity index (χ1n) is 8.47. The number of pyridine rings is 1. The lowest BCUT2D eigenvalue weighted by atomic mass is 9.84. The zero-order valence-electron chi connectivity index (χ0n) is 13.5. The lowest BCUT2D eigenvalue weighted by molar-refractivity contribution is 0.417. The molecular weight excluding hydrogens is 284 g/mol. The molecule has 1 aliphatic carbocycles. The Balaban J connectivity index is 1.65. The monoisotopic (exact) mass is 306 g/mol. The zero-order chi connectivity index (χ0) is 15.6. The smallest absolute Gasteiger partial charge is 0.180 e. The number of hydrogen-bond acceptors (Lipinski definition) is 2. The van der Waals surface area contributed by atoms with Gasteiger partial charge < -0.3 is 9.14 Å². The van der Waals surface area contributed by atoms with E-state index in [1.807, 2.05) is 22.7 Å². The van der Waals surface area contributed by atoms with Crippen LogP contribution in [0.4, 0.5) is 0 Å². The van der Waals surface area contributed by atoms with Gasteiger partial charge in [-0.1, -0.05) is 43.5 Å². The fourth-order valence-corrected chi connectivity index (χ4v) is 3.65. The molecule has 2 aromatic heterocycles. The molecule has 23 heavy (non-hydrogen) atoms. The summed E-state index contributed by atoms with van der Waals surface area (Å²) in [7, 11) is 1.68. The van der Waals surface area contributed by atoms with Crippen molar-refractivity contribution < 1.29 is 4.74 Å². The van der Waals surface area contributed by atoms with E-state index in [4.69, 9.17) is 9.72 Å². The van der Waals surface area contributed by atoms with E-state index in [0.717, 1.165) is 28.6 Å². The fraction of sp³-hybridized carbons (Fsp3) is 0.350. The molecule has 0 saturated heterocycles. The second kappa shape index (κ2) is 6.07. The summed E-state index contributed by atoms with van der Waals surface area (Å²) in [5.74, 6) is 1.55. The molecule has 2 heterocycles. The molecule has 1 aromatic carbocycles. The van der Waals surface area contributed by atoms with Crippen molar-refractivity contribution in [3.05, 3.63) is 54.4 Å². The van der Waals surface area contributed by atoms with Crippen LogP contribution in [0.25, 0.3) is 16.9 Å². The second-order valence-corrected chi connectivity index (χ2v) is 6.39. The van der Waals surface area contributed by atoms with E-state index < -0.39 is 0 Å². The average Bonchev–Trinajstić information content (AvgIpc) is 3.07. The van der Waals surface area contributed by atoms with Crippen molar-refractivity contribution in [2.24, 2.45) is 0 Å². The van der Waals surface area contributed by atoms with Crippen LogP contribution in [-0.2, 0) is 0 Å². The normalized spacial score (nSPS) is 15.9. The third-order valence-electron chi connectivity index (χ3n) is 4.95. The van der Waals surface area contributed by atoms with Crippen molar-refractivity contribution in [2.45, 2.75) is 38.0 Å². The Morgan fingerprint density at radius 2 is 1.83 bits per heavy atom. The van der Waals surface area contributed by atoms with Gasteiger partial charge in [0.05, 0.1) is 12.8 Å². The van der Waals surface area contributed by atoms with Gasteiger partial charge in [-0.3, -0.25) is 0 Å². The predicted molar refractivity (Wildman–Crippen MR) is 93.0 cm³/mol. The van der Waals surface area contributed by atoms with Crippen LogP contribution in [0, 0.1) is 0 Å². The highest BCUT2D eigenvalue weighted by molar-refractivity contribution is 5.66. The predicted octanol–water partition coefficient (Wildman–Crippen LogP) is 5.06. The number of aromatic nitrogens is 2. The van der Waals surface area contributed by atoms with Crippen molar-refractivity contribution in [1.29, 1.82) is 0 Å². The molecule has 1 saturated carbocycles. The van der Waals surface area contributed by atoms with Crippen LogP contribution in [0.5, 0.6) is 5.75 Å². The number of hydrogen-bond donors (Lipinski definition) is 0. The van der Waals surface area contributed by atoms with Gasteiger partial charge in [-0.2, -0.15) is 0 Å². The van der Waals surface area contributed by atoms with Gasteiger partial charge in [0.2, 0.25) is 0 Å².